The van der Waals surface area contributed by atoms with Crippen LogP contribution in [0.4, 0.5) is 5.69 Å². The van der Waals surface area contributed by atoms with E-state index in [4.69, 9.17) is 9.47 Å². The third kappa shape index (κ3) is 2.24. The van der Waals surface area contributed by atoms with Crippen LogP contribution < -0.4 is 20.3 Å². The minimum absolute atomic E-state index is 0.0301. The molecule has 5 nitrogen and oxygen atoms in total. The van der Waals surface area contributed by atoms with Crippen molar-refractivity contribution in [1.82, 2.24) is 4.98 Å². The molecule has 1 aromatic carbocycles. The predicted molar refractivity (Wildman–Crippen MR) is 78.9 cm³/mol. The normalized spacial score (nSPS) is 19.1. The number of anilines is 1. The maximum Gasteiger partial charge on any atom is 0.248 e. The maximum absolute atomic E-state index is 11.4. The van der Waals surface area contributed by atoms with Crippen molar-refractivity contribution in [3.63, 3.8) is 0 Å². The van der Waals surface area contributed by atoms with Gasteiger partial charge in [-0.05, 0) is 43.0 Å². The maximum atomic E-state index is 11.4. The average molecular weight is 284 g/mol. The average Bonchev–Trinajstić information content (AvgIpc) is 2.95. The second-order valence-electron chi connectivity index (χ2n) is 5.41. The van der Waals surface area contributed by atoms with Gasteiger partial charge in [0, 0.05) is 23.5 Å². The lowest BCUT2D eigenvalue weighted by Gasteiger charge is -2.26. The molecule has 2 aromatic rings. The molecule has 1 aliphatic carbocycles. The van der Waals surface area contributed by atoms with Crippen molar-refractivity contribution in [3.05, 3.63) is 51.9 Å². The molecule has 108 valence electrons. The molecule has 2 N–H and O–H groups in total. The van der Waals surface area contributed by atoms with E-state index in [2.05, 4.69) is 10.3 Å². The van der Waals surface area contributed by atoms with Gasteiger partial charge in [0.1, 0.15) is 0 Å². The summed E-state index contributed by atoms with van der Waals surface area (Å²) in [5.74, 6) is 1.56. The molecule has 0 radical (unpaired) electrons. The van der Waals surface area contributed by atoms with E-state index < -0.39 is 0 Å². The van der Waals surface area contributed by atoms with Crippen LogP contribution in [-0.4, -0.2) is 11.8 Å². The van der Waals surface area contributed by atoms with Crippen molar-refractivity contribution in [2.45, 2.75) is 25.3 Å². The summed E-state index contributed by atoms with van der Waals surface area (Å²) in [6, 6.07) is 9.61. The van der Waals surface area contributed by atoms with Crippen LogP contribution >= 0.6 is 0 Å². The lowest BCUT2D eigenvalue weighted by Crippen LogP contribution is -2.21. The van der Waals surface area contributed by atoms with Crippen LogP contribution in [0.15, 0.2) is 35.1 Å². The SMILES string of the molecule is O=c1ccc2c([nH]1)CCCC2Nc1ccc2c(c1)OCO2. The fourth-order valence-corrected chi connectivity index (χ4v) is 3.04. The van der Waals surface area contributed by atoms with Crippen molar-refractivity contribution >= 4 is 5.69 Å². The first-order chi connectivity index (χ1) is 10.3. The first kappa shape index (κ1) is 12.3. The zero-order valence-corrected chi connectivity index (χ0v) is 11.5. The van der Waals surface area contributed by atoms with Crippen LogP contribution in [0.25, 0.3) is 0 Å². The number of hydrogen-bond donors (Lipinski definition) is 2. The molecule has 0 saturated carbocycles. The second-order valence-corrected chi connectivity index (χ2v) is 5.41. The number of aryl methyl sites for hydroxylation is 1. The summed E-state index contributed by atoms with van der Waals surface area (Å²) in [5, 5.41) is 3.53. The number of pyridine rings is 1. The molecule has 1 aromatic heterocycles. The van der Waals surface area contributed by atoms with Crippen LogP contribution in [0.3, 0.4) is 0 Å². The lowest BCUT2D eigenvalue weighted by molar-refractivity contribution is 0.174. The number of aromatic nitrogens is 1. The van der Waals surface area contributed by atoms with E-state index in [9.17, 15) is 4.79 Å². The monoisotopic (exact) mass is 284 g/mol. The molecule has 1 aliphatic heterocycles. The van der Waals surface area contributed by atoms with E-state index in [1.807, 2.05) is 24.3 Å². The summed E-state index contributed by atoms with van der Waals surface area (Å²) in [5.41, 5.74) is 3.20. The summed E-state index contributed by atoms with van der Waals surface area (Å²) in [7, 11) is 0. The first-order valence-electron chi connectivity index (χ1n) is 7.18. The molecule has 2 heterocycles. The Morgan fingerprint density at radius 2 is 2.05 bits per heavy atom. The predicted octanol–water partition coefficient (Wildman–Crippen LogP) is 2.59. The Balaban J connectivity index is 1.62. The fourth-order valence-electron chi connectivity index (χ4n) is 3.04. The zero-order chi connectivity index (χ0) is 14.2. The van der Waals surface area contributed by atoms with Crippen LogP contribution in [0.5, 0.6) is 11.5 Å². The van der Waals surface area contributed by atoms with Gasteiger partial charge in [-0.25, -0.2) is 0 Å². The highest BCUT2D eigenvalue weighted by Crippen LogP contribution is 2.37. The van der Waals surface area contributed by atoms with Crippen molar-refractivity contribution in [1.29, 1.82) is 0 Å². The van der Waals surface area contributed by atoms with Gasteiger partial charge in [0.15, 0.2) is 11.5 Å². The van der Waals surface area contributed by atoms with Gasteiger partial charge >= 0.3 is 0 Å². The van der Waals surface area contributed by atoms with E-state index in [0.29, 0.717) is 0 Å². The minimum Gasteiger partial charge on any atom is -0.454 e. The fraction of sp³-hybridized carbons (Fsp3) is 0.312. The molecule has 0 amide bonds. The Bertz CT molecular complexity index is 739. The summed E-state index contributed by atoms with van der Waals surface area (Å²) >= 11 is 0. The molecule has 2 aliphatic rings. The quantitative estimate of drug-likeness (QED) is 0.889. The minimum atomic E-state index is -0.0301. The number of fused-ring (bicyclic) bond motifs is 2. The smallest absolute Gasteiger partial charge is 0.248 e. The van der Waals surface area contributed by atoms with Gasteiger partial charge in [0.2, 0.25) is 12.4 Å². The summed E-state index contributed by atoms with van der Waals surface area (Å²) < 4.78 is 10.7. The van der Waals surface area contributed by atoms with Gasteiger partial charge in [-0.3, -0.25) is 4.79 Å². The highest BCUT2D eigenvalue weighted by molar-refractivity contribution is 5.56. The standard InChI is InChI=1S/C16H16N2O3/c19-16-7-5-11-12(2-1-3-13(11)18-16)17-10-4-6-14-15(8-10)21-9-20-14/h4-8,12,17H,1-3,9H2,(H,18,19). The van der Waals surface area contributed by atoms with Crippen molar-refractivity contribution in [2.24, 2.45) is 0 Å². The molecule has 0 bridgehead atoms. The number of rotatable bonds is 2. The van der Waals surface area contributed by atoms with Gasteiger partial charge in [0.05, 0.1) is 6.04 Å². The largest absolute Gasteiger partial charge is 0.454 e. The molecule has 21 heavy (non-hydrogen) atoms. The third-order valence-corrected chi connectivity index (χ3v) is 4.05. The van der Waals surface area contributed by atoms with Gasteiger partial charge in [-0.15, -0.1) is 0 Å². The highest BCUT2D eigenvalue weighted by atomic mass is 16.7. The van der Waals surface area contributed by atoms with Crippen LogP contribution in [0, 0.1) is 0 Å². The number of ether oxygens (including phenoxy) is 2. The number of nitrogens with one attached hydrogen (secondary N) is 2. The number of benzene rings is 1. The molecular formula is C16H16N2O3. The van der Waals surface area contributed by atoms with Crippen LogP contribution in [0.1, 0.15) is 30.1 Å². The molecule has 5 heteroatoms. The molecule has 1 atom stereocenters. The van der Waals surface area contributed by atoms with Gasteiger partial charge < -0.3 is 19.8 Å². The molecule has 0 saturated heterocycles. The molecule has 1 unspecified atom stereocenters. The van der Waals surface area contributed by atoms with Crippen LogP contribution in [0.2, 0.25) is 0 Å². The summed E-state index contributed by atoms with van der Waals surface area (Å²) in [4.78, 5) is 14.4. The summed E-state index contributed by atoms with van der Waals surface area (Å²) in [6.45, 7) is 0.284. The Hall–Kier alpha value is -2.43. The van der Waals surface area contributed by atoms with Gasteiger partial charge in [-0.1, -0.05) is 0 Å². The Labute approximate surface area is 121 Å². The van der Waals surface area contributed by atoms with E-state index >= 15 is 0 Å². The van der Waals surface area contributed by atoms with Gasteiger partial charge in [-0.2, -0.15) is 0 Å². The lowest BCUT2D eigenvalue weighted by atomic mass is 9.91. The van der Waals surface area contributed by atoms with E-state index in [-0.39, 0.29) is 18.4 Å². The van der Waals surface area contributed by atoms with Crippen molar-refractivity contribution in [2.75, 3.05) is 12.1 Å². The molecule has 4 rings (SSSR count). The Morgan fingerprint density at radius 1 is 1.14 bits per heavy atom. The van der Waals surface area contributed by atoms with E-state index in [0.717, 1.165) is 42.1 Å². The summed E-state index contributed by atoms with van der Waals surface area (Å²) in [6.07, 6.45) is 3.05. The van der Waals surface area contributed by atoms with E-state index in [1.54, 1.807) is 6.07 Å². The Morgan fingerprint density at radius 3 is 3.00 bits per heavy atom. The van der Waals surface area contributed by atoms with E-state index in [1.165, 1.54) is 5.56 Å². The first-order valence-corrected chi connectivity index (χ1v) is 7.18. The topological polar surface area (TPSA) is 63.4 Å². The third-order valence-electron chi connectivity index (χ3n) is 4.05. The zero-order valence-electron chi connectivity index (χ0n) is 11.5. The van der Waals surface area contributed by atoms with Crippen molar-refractivity contribution in [3.8, 4) is 11.5 Å². The number of hydrogen-bond acceptors (Lipinski definition) is 4. The number of H-pyrrole nitrogens is 1. The molecular weight excluding hydrogens is 268 g/mol. The van der Waals surface area contributed by atoms with Gasteiger partial charge in [0.25, 0.3) is 0 Å². The van der Waals surface area contributed by atoms with Crippen LogP contribution in [-0.2, 0) is 6.42 Å². The molecule has 0 fully saturated rings. The molecule has 0 spiro atoms. The Kier molecular flexibility index (Phi) is 2.84. The second kappa shape index (κ2) is 4.84. The van der Waals surface area contributed by atoms with Crippen molar-refractivity contribution < 1.29 is 9.47 Å². The highest BCUT2D eigenvalue weighted by Gasteiger charge is 2.21. The number of aromatic amines is 1.